The van der Waals surface area contributed by atoms with Gasteiger partial charge in [-0.2, -0.15) is 0 Å². The lowest BCUT2D eigenvalue weighted by molar-refractivity contribution is 0.0738. The van der Waals surface area contributed by atoms with Crippen molar-refractivity contribution in [2.24, 2.45) is 0 Å². The van der Waals surface area contributed by atoms with Crippen molar-refractivity contribution in [1.29, 1.82) is 0 Å². The van der Waals surface area contributed by atoms with Gasteiger partial charge in [-0.1, -0.05) is 0 Å². The van der Waals surface area contributed by atoms with Crippen LogP contribution in [-0.2, 0) is 25.8 Å². The van der Waals surface area contributed by atoms with Crippen molar-refractivity contribution in [2.75, 3.05) is 13.1 Å². The molecule has 6 heteroatoms. The lowest BCUT2D eigenvalue weighted by atomic mass is 9.99. The van der Waals surface area contributed by atoms with Gasteiger partial charge in [0.2, 0.25) is 0 Å². The van der Waals surface area contributed by atoms with Gasteiger partial charge in [0, 0.05) is 36.1 Å². The van der Waals surface area contributed by atoms with Crippen LogP contribution in [0.4, 0.5) is 0 Å². The standard InChI is InChI=1S/C20H24N4OS/c25-20(18-10-13-4-1-2-6-17(13)26-18)24-9-7-15-14(12-24)11-22-19(23-15)16-5-3-8-21-16/h10-11,16,21H,1-9,12H2. The van der Waals surface area contributed by atoms with Crippen LogP contribution in [0.3, 0.4) is 0 Å². The Morgan fingerprint density at radius 2 is 2.12 bits per heavy atom. The van der Waals surface area contributed by atoms with Crippen LogP contribution >= 0.6 is 11.3 Å². The summed E-state index contributed by atoms with van der Waals surface area (Å²) >= 11 is 1.71. The molecule has 1 atom stereocenters. The number of fused-ring (bicyclic) bond motifs is 2. The Labute approximate surface area is 157 Å². The van der Waals surface area contributed by atoms with E-state index in [4.69, 9.17) is 4.98 Å². The van der Waals surface area contributed by atoms with Gasteiger partial charge < -0.3 is 10.2 Å². The average molecular weight is 369 g/mol. The van der Waals surface area contributed by atoms with Crippen LogP contribution in [0.25, 0.3) is 0 Å². The van der Waals surface area contributed by atoms with E-state index in [1.165, 1.54) is 29.7 Å². The number of amides is 1. The fourth-order valence-electron chi connectivity index (χ4n) is 4.33. The SMILES string of the molecule is O=C(c1cc2c(s1)CCCC2)N1CCc2nc(C3CCCN3)ncc2C1. The number of nitrogens with zero attached hydrogens (tertiary/aromatic N) is 3. The van der Waals surface area contributed by atoms with E-state index in [0.717, 1.165) is 60.7 Å². The van der Waals surface area contributed by atoms with Gasteiger partial charge in [-0.15, -0.1) is 11.3 Å². The van der Waals surface area contributed by atoms with E-state index < -0.39 is 0 Å². The quantitative estimate of drug-likeness (QED) is 0.885. The molecule has 0 radical (unpaired) electrons. The molecule has 136 valence electrons. The molecular formula is C20H24N4OS. The van der Waals surface area contributed by atoms with Gasteiger partial charge in [0.15, 0.2) is 0 Å². The van der Waals surface area contributed by atoms with Crippen LogP contribution in [0.15, 0.2) is 12.3 Å². The van der Waals surface area contributed by atoms with Crippen LogP contribution < -0.4 is 5.32 Å². The van der Waals surface area contributed by atoms with Crippen molar-refractivity contribution in [3.8, 4) is 0 Å². The molecule has 26 heavy (non-hydrogen) atoms. The second-order valence-corrected chi connectivity index (χ2v) is 8.73. The number of carbonyl (C=O) groups is 1. The predicted molar refractivity (Wildman–Crippen MR) is 101 cm³/mol. The number of aryl methyl sites for hydroxylation is 2. The minimum absolute atomic E-state index is 0.177. The molecule has 2 aromatic rings. The molecule has 0 aromatic carbocycles. The van der Waals surface area contributed by atoms with Gasteiger partial charge in [-0.25, -0.2) is 9.97 Å². The topological polar surface area (TPSA) is 58.1 Å². The van der Waals surface area contributed by atoms with Crippen LogP contribution in [0, 0.1) is 0 Å². The van der Waals surface area contributed by atoms with E-state index in [0.29, 0.717) is 12.6 Å². The number of hydrogen-bond donors (Lipinski definition) is 1. The summed E-state index contributed by atoms with van der Waals surface area (Å²) in [5.41, 5.74) is 3.63. The highest BCUT2D eigenvalue weighted by atomic mass is 32.1. The summed E-state index contributed by atoms with van der Waals surface area (Å²) in [6, 6.07) is 2.44. The van der Waals surface area contributed by atoms with Gasteiger partial charge in [0.25, 0.3) is 5.91 Å². The van der Waals surface area contributed by atoms with Gasteiger partial charge in [-0.3, -0.25) is 4.79 Å². The summed E-state index contributed by atoms with van der Waals surface area (Å²) in [7, 11) is 0. The lowest BCUT2D eigenvalue weighted by Crippen LogP contribution is -2.36. The lowest BCUT2D eigenvalue weighted by Gasteiger charge is -2.28. The highest BCUT2D eigenvalue weighted by Gasteiger charge is 2.27. The molecule has 0 bridgehead atoms. The van der Waals surface area contributed by atoms with Crippen molar-refractivity contribution in [3.05, 3.63) is 44.7 Å². The van der Waals surface area contributed by atoms with Crippen LogP contribution in [0.1, 0.15) is 68.9 Å². The van der Waals surface area contributed by atoms with Crippen LogP contribution in [0.5, 0.6) is 0 Å². The fourth-order valence-corrected chi connectivity index (χ4v) is 5.55. The van der Waals surface area contributed by atoms with E-state index in [9.17, 15) is 4.79 Å². The maximum absolute atomic E-state index is 13.0. The first kappa shape index (κ1) is 16.4. The van der Waals surface area contributed by atoms with Crippen molar-refractivity contribution < 1.29 is 4.79 Å². The van der Waals surface area contributed by atoms with Crippen LogP contribution in [0.2, 0.25) is 0 Å². The second kappa shape index (κ2) is 6.74. The van der Waals surface area contributed by atoms with Crippen molar-refractivity contribution in [2.45, 2.75) is 57.5 Å². The molecular weight excluding hydrogens is 344 g/mol. The third-order valence-corrected chi connectivity index (χ3v) is 7.04. The first-order chi connectivity index (χ1) is 12.8. The Bertz CT molecular complexity index is 817. The number of aromatic nitrogens is 2. The third kappa shape index (κ3) is 2.95. The Hall–Kier alpha value is -1.79. The highest BCUT2D eigenvalue weighted by Crippen LogP contribution is 2.31. The first-order valence-electron chi connectivity index (χ1n) is 9.77. The molecule has 1 unspecified atom stereocenters. The smallest absolute Gasteiger partial charge is 0.264 e. The third-order valence-electron chi connectivity index (χ3n) is 5.82. The predicted octanol–water partition coefficient (Wildman–Crippen LogP) is 3.04. The normalized spacial score (nSPS) is 22.2. The first-order valence-corrected chi connectivity index (χ1v) is 10.6. The van der Waals surface area contributed by atoms with Gasteiger partial charge >= 0.3 is 0 Å². The molecule has 2 aliphatic heterocycles. The Balaban J connectivity index is 1.33. The monoisotopic (exact) mass is 368 g/mol. The molecule has 0 spiro atoms. The average Bonchev–Trinajstić information content (AvgIpc) is 3.36. The number of hydrogen-bond acceptors (Lipinski definition) is 5. The zero-order valence-corrected chi connectivity index (χ0v) is 15.8. The molecule has 1 fully saturated rings. The van der Waals surface area contributed by atoms with Crippen molar-refractivity contribution >= 4 is 17.2 Å². The molecule has 4 heterocycles. The number of rotatable bonds is 2. The molecule has 3 aliphatic rings. The van der Waals surface area contributed by atoms with Gasteiger partial charge in [0.05, 0.1) is 16.6 Å². The minimum Gasteiger partial charge on any atom is -0.333 e. The maximum Gasteiger partial charge on any atom is 0.264 e. The zero-order valence-electron chi connectivity index (χ0n) is 15.0. The summed E-state index contributed by atoms with van der Waals surface area (Å²) < 4.78 is 0. The Morgan fingerprint density at radius 3 is 2.96 bits per heavy atom. The van der Waals surface area contributed by atoms with E-state index in [1.54, 1.807) is 11.3 Å². The number of thiophene rings is 1. The van der Waals surface area contributed by atoms with Crippen molar-refractivity contribution in [1.82, 2.24) is 20.2 Å². The van der Waals surface area contributed by atoms with Crippen LogP contribution in [-0.4, -0.2) is 33.9 Å². The zero-order chi connectivity index (χ0) is 17.5. The van der Waals surface area contributed by atoms with Crippen molar-refractivity contribution in [3.63, 3.8) is 0 Å². The van der Waals surface area contributed by atoms with E-state index >= 15 is 0 Å². The fraction of sp³-hybridized carbons (Fsp3) is 0.550. The molecule has 1 N–H and O–H groups in total. The number of carbonyl (C=O) groups excluding carboxylic acids is 1. The van der Waals surface area contributed by atoms with E-state index in [-0.39, 0.29) is 5.91 Å². The summed E-state index contributed by atoms with van der Waals surface area (Å²) in [6.07, 6.45) is 9.86. The largest absolute Gasteiger partial charge is 0.333 e. The van der Waals surface area contributed by atoms with Gasteiger partial charge in [-0.05, 0) is 56.7 Å². The second-order valence-electron chi connectivity index (χ2n) is 7.59. The summed E-state index contributed by atoms with van der Waals surface area (Å²) in [6.45, 7) is 2.44. The Kier molecular flexibility index (Phi) is 4.25. The summed E-state index contributed by atoms with van der Waals surface area (Å²) in [4.78, 5) is 26.7. The maximum atomic E-state index is 13.0. The van der Waals surface area contributed by atoms with E-state index in [2.05, 4.69) is 16.4 Å². The summed E-state index contributed by atoms with van der Waals surface area (Å²) in [5, 5.41) is 3.46. The molecule has 2 aromatic heterocycles. The molecule has 1 saturated heterocycles. The van der Waals surface area contributed by atoms with Gasteiger partial charge in [0.1, 0.15) is 5.82 Å². The van der Waals surface area contributed by atoms with E-state index in [1.807, 2.05) is 11.1 Å². The number of nitrogens with one attached hydrogen (secondary N) is 1. The Morgan fingerprint density at radius 1 is 1.19 bits per heavy atom. The molecule has 1 aliphatic carbocycles. The molecule has 5 nitrogen and oxygen atoms in total. The molecule has 1 amide bonds. The molecule has 0 saturated carbocycles. The highest BCUT2D eigenvalue weighted by molar-refractivity contribution is 7.14. The minimum atomic E-state index is 0.177. The summed E-state index contributed by atoms with van der Waals surface area (Å²) in [5.74, 6) is 1.10. The molecule has 5 rings (SSSR count).